The highest BCUT2D eigenvalue weighted by molar-refractivity contribution is 7.47. The average Bonchev–Trinajstić information content (AvgIpc) is 2.65. The molecule has 0 fully saturated rings. The Morgan fingerprint density at radius 3 is 2.13 bits per heavy atom. The summed E-state index contributed by atoms with van der Waals surface area (Å²) in [5, 5.41) is 0. The van der Waals surface area contributed by atoms with Crippen LogP contribution in [0.5, 0.6) is 0 Å². The number of rotatable bonds is 19. The van der Waals surface area contributed by atoms with Gasteiger partial charge in [-0.1, -0.05) is 46.0 Å². The van der Waals surface area contributed by atoms with Crippen LogP contribution in [0.25, 0.3) is 0 Å². The number of likely N-dealkylation sites (N-methyl/N-ethyl adjacent to an activating group) is 1. The lowest BCUT2D eigenvalue weighted by molar-refractivity contribution is -0.870. The predicted octanol–water partition coefficient (Wildman–Crippen LogP) is 3.83. The maximum atomic E-state index is 12.1. The second kappa shape index (κ2) is 16.6. The second-order valence-corrected chi connectivity index (χ2v) is 10.1. The van der Waals surface area contributed by atoms with Crippen LogP contribution < -0.4 is 0 Å². The summed E-state index contributed by atoms with van der Waals surface area (Å²) in [7, 11) is 1.47. The van der Waals surface area contributed by atoms with E-state index in [0.717, 1.165) is 25.7 Å². The minimum absolute atomic E-state index is 0.0325. The van der Waals surface area contributed by atoms with E-state index in [2.05, 4.69) is 6.92 Å². The van der Waals surface area contributed by atoms with Crippen LogP contribution in [-0.2, 0) is 32.7 Å². The zero-order valence-corrected chi connectivity index (χ0v) is 20.9. The lowest BCUT2D eigenvalue weighted by atomic mass is 10.1. The predicted molar refractivity (Wildman–Crippen MR) is 118 cm³/mol. The van der Waals surface area contributed by atoms with Gasteiger partial charge in [-0.2, -0.15) is 0 Å². The van der Waals surface area contributed by atoms with Crippen LogP contribution in [0.2, 0.25) is 0 Å². The molecule has 31 heavy (non-hydrogen) atoms. The number of quaternary nitrogens is 1. The van der Waals surface area contributed by atoms with Crippen molar-refractivity contribution in [2.45, 2.75) is 77.7 Å². The smallest absolute Gasteiger partial charge is 0.462 e. The standard InChI is InChI=1S/C21H42NO8P/c1-6-8-9-10-11-12-14-20(23)27-17-19(30-21(24)13-7-2)18-29-31(25,26)28-16-15-22(3,4)5/h19H,6-18H2,1-5H3/p+1/t19-/m0/s1. The molecular formula is C21H43NO8P+. The van der Waals surface area contributed by atoms with E-state index in [9.17, 15) is 19.0 Å². The van der Waals surface area contributed by atoms with Gasteiger partial charge in [-0.3, -0.25) is 18.6 Å². The monoisotopic (exact) mass is 468 g/mol. The Kier molecular flexibility index (Phi) is 16.1. The molecule has 2 atom stereocenters. The van der Waals surface area contributed by atoms with Crippen molar-refractivity contribution in [1.29, 1.82) is 0 Å². The molecule has 184 valence electrons. The zero-order valence-electron chi connectivity index (χ0n) is 20.0. The SMILES string of the molecule is CCCCCCCCC(=O)OC[C@@H](COP(=O)(O)OCC[N+](C)(C)C)OC(=O)CCC. The van der Waals surface area contributed by atoms with Crippen LogP contribution in [0.15, 0.2) is 0 Å². The molecule has 0 aromatic rings. The van der Waals surface area contributed by atoms with Crippen LogP contribution in [0.3, 0.4) is 0 Å². The van der Waals surface area contributed by atoms with Gasteiger partial charge in [0.1, 0.15) is 19.8 Å². The zero-order chi connectivity index (χ0) is 23.8. The molecule has 0 aliphatic rings. The van der Waals surface area contributed by atoms with Crippen molar-refractivity contribution in [2.24, 2.45) is 0 Å². The third-order valence-corrected chi connectivity index (χ3v) is 5.34. The van der Waals surface area contributed by atoms with Crippen molar-refractivity contribution in [2.75, 3.05) is 47.5 Å². The van der Waals surface area contributed by atoms with Crippen molar-refractivity contribution >= 4 is 19.8 Å². The second-order valence-electron chi connectivity index (χ2n) is 8.67. The molecule has 0 aliphatic carbocycles. The van der Waals surface area contributed by atoms with E-state index >= 15 is 0 Å². The molecule has 0 radical (unpaired) electrons. The first-order valence-electron chi connectivity index (χ1n) is 11.3. The van der Waals surface area contributed by atoms with Crippen LogP contribution in [0.4, 0.5) is 0 Å². The molecule has 0 amide bonds. The molecule has 0 aromatic carbocycles. The van der Waals surface area contributed by atoms with Crippen molar-refractivity contribution in [1.82, 2.24) is 0 Å². The first-order valence-corrected chi connectivity index (χ1v) is 12.8. The van der Waals surface area contributed by atoms with Crippen molar-refractivity contribution in [3.63, 3.8) is 0 Å². The average molecular weight is 469 g/mol. The van der Waals surface area contributed by atoms with E-state index in [1.165, 1.54) is 12.8 Å². The summed E-state index contributed by atoms with van der Waals surface area (Å²) >= 11 is 0. The maximum Gasteiger partial charge on any atom is 0.472 e. The van der Waals surface area contributed by atoms with Gasteiger partial charge in [-0.05, 0) is 12.8 Å². The van der Waals surface area contributed by atoms with Gasteiger partial charge in [0.2, 0.25) is 0 Å². The Morgan fingerprint density at radius 2 is 1.52 bits per heavy atom. The van der Waals surface area contributed by atoms with Gasteiger partial charge in [0, 0.05) is 12.8 Å². The summed E-state index contributed by atoms with van der Waals surface area (Å²) in [5.74, 6) is -0.875. The van der Waals surface area contributed by atoms with E-state index in [1.54, 1.807) is 0 Å². The summed E-state index contributed by atoms with van der Waals surface area (Å²) in [6.07, 6.45) is 6.42. The quantitative estimate of drug-likeness (QED) is 0.132. The molecule has 1 N–H and O–H groups in total. The lowest BCUT2D eigenvalue weighted by Gasteiger charge is -2.24. The van der Waals surface area contributed by atoms with E-state index in [1.807, 2.05) is 28.1 Å². The summed E-state index contributed by atoms with van der Waals surface area (Å²) in [6.45, 7) is 3.89. The minimum Gasteiger partial charge on any atom is -0.462 e. The molecule has 0 aliphatic heterocycles. The highest BCUT2D eigenvalue weighted by Gasteiger charge is 2.26. The van der Waals surface area contributed by atoms with Gasteiger partial charge >= 0.3 is 19.8 Å². The first-order chi connectivity index (χ1) is 14.5. The van der Waals surface area contributed by atoms with Crippen LogP contribution in [-0.4, -0.2) is 74.9 Å². The van der Waals surface area contributed by atoms with E-state index in [4.69, 9.17) is 18.5 Å². The molecule has 0 saturated carbocycles. The molecule has 0 bridgehead atoms. The number of phosphoric ester groups is 1. The normalized spacial score (nSPS) is 14.6. The molecule has 1 unspecified atom stereocenters. The summed E-state index contributed by atoms with van der Waals surface area (Å²) in [6, 6.07) is 0. The molecule has 0 saturated heterocycles. The first kappa shape index (κ1) is 30.0. The summed E-state index contributed by atoms with van der Waals surface area (Å²) < 4.78 is 33.0. The van der Waals surface area contributed by atoms with Gasteiger partial charge in [0.05, 0.1) is 27.7 Å². The number of carbonyl (C=O) groups is 2. The summed E-state index contributed by atoms with van der Waals surface area (Å²) in [5.41, 5.74) is 0. The van der Waals surface area contributed by atoms with Crippen molar-refractivity contribution < 1.29 is 42.1 Å². The fourth-order valence-electron chi connectivity index (χ4n) is 2.52. The molecule has 10 heteroatoms. The topological polar surface area (TPSA) is 108 Å². The number of hydrogen-bond acceptors (Lipinski definition) is 7. The third kappa shape index (κ3) is 19.4. The number of carbonyl (C=O) groups excluding carboxylic acids is 2. The molecule has 0 rings (SSSR count). The maximum absolute atomic E-state index is 12.1. The Hall–Kier alpha value is -0.990. The van der Waals surface area contributed by atoms with E-state index in [0.29, 0.717) is 17.4 Å². The number of ether oxygens (including phenoxy) is 2. The highest BCUT2D eigenvalue weighted by atomic mass is 31.2. The van der Waals surface area contributed by atoms with Gasteiger partial charge in [-0.15, -0.1) is 0 Å². The minimum atomic E-state index is -4.31. The Balaban J connectivity index is 4.46. The largest absolute Gasteiger partial charge is 0.472 e. The number of nitrogens with zero attached hydrogens (tertiary/aromatic N) is 1. The van der Waals surface area contributed by atoms with Crippen LogP contribution in [0, 0.1) is 0 Å². The lowest BCUT2D eigenvalue weighted by Crippen LogP contribution is -2.37. The molecule has 0 aromatic heterocycles. The third-order valence-electron chi connectivity index (χ3n) is 4.36. The van der Waals surface area contributed by atoms with E-state index < -0.39 is 32.5 Å². The number of hydrogen-bond donors (Lipinski definition) is 1. The fourth-order valence-corrected chi connectivity index (χ4v) is 3.26. The molecule has 9 nitrogen and oxygen atoms in total. The highest BCUT2D eigenvalue weighted by Crippen LogP contribution is 2.43. The van der Waals surface area contributed by atoms with E-state index in [-0.39, 0.29) is 26.1 Å². The molecular weight excluding hydrogens is 425 g/mol. The van der Waals surface area contributed by atoms with Crippen molar-refractivity contribution in [3.8, 4) is 0 Å². The number of esters is 2. The Morgan fingerprint density at radius 1 is 0.871 bits per heavy atom. The Bertz CT molecular complexity index is 550. The van der Waals surface area contributed by atoms with Gasteiger partial charge in [0.25, 0.3) is 0 Å². The van der Waals surface area contributed by atoms with Crippen molar-refractivity contribution in [3.05, 3.63) is 0 Å². The van der Waals surface area contributed by atoms with Gasteiger partial charge in [0.15, 0.2) is 6.10 Å². The summed E-state index contributed by atoms with van der Waals surface area (Å²) in [4.78, 5) is 33.6. The molecule has 0 spiro atoms. The van der Waals surface area contributed by atoms with Crippen LogP contribution >= 0.6 is 7.82 Å². The van der Waals surface area contributed by atoms with Gasteiger partial charge < -0.3 is 18.9 Å². The van der Waals surface area contributed by atoms with Gasteiger partial charge in [-0.25, -0.2) is 4.57 Å². The molecule has 0 heterocycles. The number of unbranched alkanes of at least 4 members (excludes halogenated alkanes) is 5. The fraction of sp³-hybridized carbons (Fsp3) is 0.905. The Labute approximate surface area is 187 Å². The van der Waals surface area contributed by atoms with Crippen LogP contribution in [0.1, 0.15) is 71.6 Å². The number of phosphoric acid groups is 1.